The summed E-state index contributed by atoms with van der Waals surface area (Å²) < 4.78 is 8.88. The highest BCUT2D eigenvalue weighted by Gasteiger charge is 2.14. The Balaban J connectivity index is 0.000000173. The van der Waals surface area contributed by atoms with Gasteiger partial charge in [0, 0.05) is 11.9 Å². The average Bonchev–Trinajstić information content (AvgIpc) is 3.11. The summed E-state index contributed by atoms with van der Waals surface area (Å²) in [6.45, 7) is 0. The van der Waals surface area contributed by atoms with E-state index in [-0.39, 0.29) is 63.6 Å². The molecule has 0 N–H and O–H groups in total. The largest absolute Gasteiger partial charge is 0.550 e. The van der Waals surface area contributed by atoms with Gasteiger partial charge in [-0.15, -0.1) is 0 Å². The predicted molar refractivity (Wildman–Crippen MR) is 170 cm³/mol. The first-order chi connectivity index (χ1) is 23.0. The maximum atomic E-state index is 9.50. The van der Waals surface area contributed by atoms with Crippen LogP contribution in [0.2, 0.25) is 0 Å². The van der Waals surface area contributed by atoms with Crippen molar-refractivity contribution in [3.05, 3.63) is 203 Å². The molecule has 7 heteroatoms. The van der Waals surface area contributed by atoms with E-state index in [9.17, 15) is 19.8 Å². The third-order valence-electron chi connectivity index (χ3n) is 5.59. The molecule has 0 heterocycles. The molecule has 0 atom stereocenters. The summed E-state index contributed by atoms with van der Waals surface area (Å²) in [6.07, 6.45) is -0.940. The number of aliphatic carboxylic acids is 2. The van der Waals surface area contributed by atoms with E-state index in [1.165, 1.54) is 21.4 Å². The molecule has 0 aliphatic carbocycles. The van der Waals surface area contributed by atoms with Crippen LogP contribution in [-0.4, -0.2) is 11.9 Å². The van der Waals surface area contributed by atoms with Crippen molar-refractivity contribution in [1.82, 2.24) is 0 Å². The summed E-state index contributed by atoms with van der Waals surface area (Å²) in [7, 11) is 0. The van der Waals surface area contributed by atoms with Crippen molar-refractivity contribution in [1.29, 1.82) is 0 Å². The minimum Gasteiger partial charge on any atom is -0.550 e. The number of carboxylic acid groups (broad SMARTS) is 2. The van der Waals surface area contributed by atoms with E-state index in [0.29, 0.717) is 0 Å². The predicted octanol–water partition coefficient (Wildman–Crippen LogP) is -3.29. The molecular formula is C40H34I3O4+. The van der Waals surface area contributed by atoms with Crippen molar-refractivity contribution in [3.63, 3.8) is 0 Å². The lowest BCUT2D eigenvalue weighted by Gasteiger charge is -2.00. The van der Waals surface area contributed by atoms with Gasteiger partial charge in [0.1, 0.15) is 0 Å². The number of carboxylic acids is 2. The number of hydrogen-bond donors (Lipinski definition) is 0. The van der Waals surface area contributed by atoms with Crippen LogP contribution < -0.4 is 73.8 Å². The molecule has 238 valence electrons. The quantitative estimate of drug-likeness (QED) is 0.143. The minimum atomic E-state index is -1.37. The van der Waals surface area contributed by atoms with E-state index in [1.54, 1.807) is 0 Å². The molecular weight excluding hydrogens is 925 g/mol. The van der Waals surface area contributed by atoms with Crippen LogP contribution in [-0.2, 0) is 9.59 Å². The van der Waals surface area contributed by atoms with Crippen molar-refractivity contribution in [2.45, 2.75) is 12.8 Å². The zero-order valence-corrected chi connectivity index (χ0v) is 32.0. The van der Waals surface area contributed by atoms with Crippen LogP contribution >= 0.6 is 0 Å². The van der Waals surface area contributed by atoms with Crippen molar-refractivity contribution in [3.8, 4) is 0 Å². The fraction of sp³-hybridized carbons (Fsp3) is 0.0500. The van der Waals surface area contributed by atoms with Crippen LogP contribution in [0.15, 0.2) is 182 Å². The molecule has 6 rings (SSSR count). The highest BCUT2D eigenvalue weighted by Crippen LogP contribution is 1.88. The SMILES string of the molecule is O=C([O-])CCC(=O)[O-].c1ccc([I+]c2ccccc2)cc1.c1ccc([I+]c2ccccc2)cc1.c1ccc([I+]c2ccccc2)cc1. The fourth-order valence-corrected chi connectivity index (χ4v) is 10.3. The third-order valence-corrected chi connectivity index (χ3v) is 13.6. The van der Waals surface area contributed by atoms with Gasteiger partial charge in [-0.3, -0.25) is 0 Å². The molecule has 6 aromatic carbocycles. The molecule has 0 saturated heterocycles. The van der Waals surface area contributed by atoms with E-state index in [4.69, 9.17) is 0 Å². The monoisotopic (exact) mass is 959 g/mol. The van der Waals surface area contributed by atoms with Gasteiger partial charge in [-0.05, 0) is 85.6 Å². The molecule has 0 aliphatic heterocycles. The van der Waals surface area contributed by atoms with Gasteiger partial charge in [0.25, 0.3) is 0 Å². The lowest BCUT2D eigenvalue weighted by atomic mass is 10.3. The van der Waals surface area contributed by atoms with Gasteiger partial charge in [0.15, 0.2) is 21.4 Å². The van der Waals surface area contributed by atoms with Gasteiger partial charge >= 0.3 is 63.6 Å². The number of carbonyl (C=O) groups is 2. The Morgan fingerprint density at radius 1 is 0.319 bits per heavy atom. The van der Waals surface area contributed by atoms with Gasteiger partial charge < -0.3 is 19.8 Å². The summed E-state index contributed by atoms with van der Waals surface area (Å²) in [5, 5.41) is 19.0. The van der Waals surface area contributed by atoms with Crippen molar-refractivity contribution in [2.24, 2.45) is 0 Å². The third kappa shape index (κ3) is 18.4. The molecule has 0 fully saturated rings. The molecule has 47 heavy (non-hydrogen) atoms. The molecule has 6 aromatic rings. The number of hydrogen-bond acceptors (Lipinski definition) is 4. The topological polar surface area (TPSA) is 80.3 Å². The number of carbonyl (C=O) groups excluding carboxylic acids is 2. The van der Waals surface area contributed by atoms with Gasteiger partial charge in [0.2, 0.25) is 0 Å². The molecule has 0 spiro atoms. The maximum absolute atomic E-state index is 9.50. The van der Waals surface area contributed by atoms with Crippen molar-refractivity contribution >= 4 is 11.9 Å². The van der Waals surface area contributed by atoms with Crippen molar-refractivity contribution in [2.75, 3.05) is 0 Å². The zero-order valence-electron chi connectivity index (χ0n) is 25.5. The molecule has 4 nitrogen and oxygen atoms in total. The maximum Gasteiger partial charge on any atom is 0.357 e. The second-order valence-corrected chi connectivity index (χ2v) is 18.4. The first-order valence-corrected chi connectivity index (χ1v) is 21.1. The van der Waals surface area contributed by atoms with E-state index in [1.807, 2.05) is 0 Å². The summed E-state index contributed by atoms with van der Waals surface area (Å²) in [5.74, 6) is -2.73. The number of halogens is 3. The van der Waals surface area contributed by atoms with Crippen LogP contribution in [0.1, 0.15) is 12.8 Å². The van der Waals surface area contributed by atoms with Crippen LogP contribution in [0.5, 0.6) is 0 Å². The Kier molecular flexibility index (Phi) is 19.1. The standard InChI is InChI=1S/3C12H10I.C4H6O4/c3*1-3-7-11(8-4-1)13-12-9-5-2-6-10-12;5-3(6)1-2-4(7)8/h3*1-10H;1-2H2,(H,5,6)(H,7,8)/q3*+1;/p-2. The van der Waals surface area contributed by atoms with E-state index < -0.39 is 24.8 Å². The van der Waals surface area contributed by atoms with Crippen LogP contribution in [0, 0.1) is 21.4 Å². The van der Waals surface area contributed by atoms with E-state index in [0.717, 1.165) is 0 Å². The number of rotatable bonds is 9. The zero-order chi connectivity index (χ0) is 33.4. The Morgan fingerprint density at radius 2 is 0.468 bits per heavy atom. The Hall–Kier alpha value is -3.55. The lowest BCUT2D eigenvalue weighted by Crippen LogP contribution is -3.61. The molecule has 0 aliphatic rings. The van der Waals surface area contributed by atoms with Crippen LogP contribution in [0.4, 0.5) is 0 Å². The van der Waals surface area contributed by atoms with Gasteiger partial charge in [-0.2, -0.15) is 0 Å². The molecule has 0 aromatic heterocycles. The second kappa shape index (κ2) is 23.7. The normalized spacial score (nSPS) is 9.62. The van der Waals surface area contributed by atoms with Gasteiger partial charge in [-0.1, -0.05) is 109 Å². The first kappa shape index (κ1) is 37.9. The van der Waals surface area contributed by atoms with Crippen LogP contribution in [0.3, 0.4) is 0 Å². The summed E-state index contributed by atoms with van der Waals surface area (Å²) >= 11 is 0.0861. The summed E-state index contributed by atoms with van der Waals surface area (Å²) in [4.78, 5) is 19.0. The number of benzene rings is 6. The van der Waals surface area contributed by atoms with Gasteiger partial charge in [0.05, 0.1) is 0 Å². The smallest absolute Gasteiger partial charge is 0.357 e. The molecule has 0 radical (unpaired) electrons. The second-order valence-electron chi connectivity index (χ2n) is 9.30. The Labute approximate surface area is 308 Å². The molecule has 0 amide bonds. The van der Waals surface area contributed by atoms with E-state index in [2.05, 4.69) is 182 Å². The molecule has 0 bridgehead atoms. The van der Waals surface area contributed by atoms with Crippen LogP contribution in [0.25, 0.3) is 0 Å². The first-order valence-electron chi connectivity index (χ1n) is 14.6. The molecule has 0 unspecified atom stereocenters. The lowest BCUT2D eigenvalue weighted by molar-refractivity contribution is -0.597. The highest BCUT2D eigenvalue weighted by molar-refractivity contribution is 5.72. The fourth-order valence-electron chi connectivity index (χ4n) is 3.45. The minimum absolute atomic E-state index is 0.0287. The van der Waals surface area contributed by atoms with Crippen molar-refractivity contribution < 1.29 is 83.4 Å². The van der Waals surface area contributed by atoms with Gasteiger partial charge in [-0.25, -0.2) is 0 Å². The summed E-state index contributed by atoms with van der Waals surface area (Å²) in [5.41, 5.74) is 0. The highest BCUT2D eigenvalue weighted by atomic mass is 127. The molecule has 0 saturated carbocycles. The summed E-state index contributed by atoms with van der Waals surface area (Å²) in [6, 6.07) is 64.2. The Bertz CT molecular complexity index is 1360. The Morgan fingerprint density at radius 3 is 0.596 bits per heavy atom. The van der Waals surface area contributed by atoms with E-state index >= 15 is 0 Å². The average molecular weight is 959 g/mol.